The summed E-state index contributed by atoms with van der Waals surface area (Å²) in [7, 11) is 0. The fourth-order valence-corrected chi connectivity index (χ4v) is 1.94. The molecule has 0 N–H and O–H groups in total. The molecule has 0 aromatic carbocycles. The second kappa shape index (κ2) is 5.38. The highest BCUT2D eigenvalue weighted by molar-refractivity contribution is 6.29. The number of halogens is 4. The molecule has 3 rings (SSSR count). The molecule has 0 radical (unpaired) electrons. The summed E-state index contributed by atoms with van der Waals surface area (Å²) in [4.78, 5) is 3.87. The van der Waals surface area contributed by atoms with Gasteiger partial charge in [0.1, 0.15) is 0 Å². The van der Waals surface area contributed by atoms with Crippen LogP contribution in [0.4, 0.5) is 13.2 Å². The summed E-state index contributed by atoms with van der Waals surface area (Å²) in [6, 6.07) is 6.82. The maximum atomic E-state index is 13.2. The highest BCUT2D eigenvalue weighted by Crippen LogP contribution is 2.33. The topological polar surface area (TPSA) is 56.5 Å². The van der Waals surface area contributed by atoms with Gasteiger partial charge in [-0.1, -0.05) is 11.6 Å². The van der Waals surface area contributed by atoms with Gasteiger partial charge in [0, 0.05) is 18.0 Å². The van der Waals surface area contributed by atoms with E-state index in [4.69, 9.17) is 11.6 Å². The van der Waals surface area contributed by atoms with Gasteiger partial charge in [-0.15, -0.1) is 10.2 Å². The van der Waals surface area contributed by atoms with E-state index in [1.165, 1.54) is 24.5 Å². The van der Waals surface area contributed by atoms with E-state index < -0.39 is 11.9 Å². The van der Waals surface area contributed by atoms with Crippen molar-refractivity contribution >= 4 is 11.6 Å². The zero-order valence-electron chi connectivity index (χ0n) is 10.8. The average molecular weight is 326 g/mol. The van der Waals surface area contributed by atoms with Crippen LogP contribution in [0.1, 0.15) is 5.69 Å². The zero-order valence-corrected chi connectivity index (χ0v) is 11.5. The van der Waals surface area contributed by atoms with Crippen molar-refractivity contribution in [2.24, 2.45) is 0 Å². The van der Waals surface area contributed by atoms with Crippen molar-refractivity contribution in [1.29, 1.82) is 0 Å². The maximum Gasteiger partial charge on any atom is 0.433 e. The zero-order chi connectivity index (χ0) is 15.7. The van der Waals surface area contributed by atoms with E-state index >= 15 is 0 Å². The van der Waals surface area contributed by atoms with E-state index in [0.29, 0.717) is 10.2 Å². The van der Waals surface area contributed by atoms with Crippen LogP contribution in [0.2, 0.25) is 5.15 Å². The van der Waals surface area contributed by atoms with E-state index in [9.17, 15) is 13.2 Å². The first-order chi connectivity index (χ1) is 10.4. The molecule has 22 heavy (non-hydrogen) atoms. The average Bonchev–Trinajstić information content (AvgIpc) is 2.94. The van der Waals surface area contributed by atoms with Crippen molar-refractivity contribution in [3.63, 3.8) is 0 Å². The van der Waals surface area contributed by atoms with Gasteiger partial charge in [-0.3, -0.25) is 4.98 Å². The van der Waals surface area contributed by atoms with E-state index in [2.05, 4.69) is 20.3 Å². The van der Waals surface area contributed by atoms with E-state index in [-0.39, 0.29) is 16.7 Å². The molecular formula is C13H7ClF3N5. The second-order valence-corrected chi connectivity index (χ2v) is 4.67. The van der Waals surface area contributed by atoms with E-state index in [0.717, 1.165) is 6.07 Å². The predicted molar refractivity (Wildman–Crippen MR) is 72.4 cm³/mol. The number of pyridine rings is 1. The molecule has 0 bridgehead atoms. The molecule has 9 heteroatoms. The van der Waals surface area contributed by atoms with Crippen LogP contribution in [0.3, 0.4) is 0 Å². The van der Waals surface area contributed by atoms with Crippen LogP contribution in [0, 0.1) is 0 Å². The van der Waals surface area contributed by atoms with Gasteiger partial charge >= 0.3 is 6.18 Å². The van der Waals surface area contributed by atoms with Gasteiger partial charge in [0.05, 0.1) is 5.69 Å². The van der Waals surface area contributed by atoms with Crippen molar-refractivity contribution < 1.29 is 13.2 Å². The first kappa shape index (κ1) is 14.5. The Morgan fingerprint density at radius 2 is 1.91 bits per heavy atom. The van der Waals surface area contributed by atoms with Gasteiger partial charge < -0.3 is 0 Å². The highest BCUT2D eigenvalue weighted by Gasteiger charge is 2.36. The van der Waals surface area contributed by atoms with E-state index in [1.54, 1.807) is 12.1 Å². The van der Waals surface area contributed by atoms with Gasteiger partial charge in [0.25, 0.3) is 0 Å². The molecule has 0 aliphatic heterocycles. The molecule has 3 aromatic heterocycles. The molecule has 5 nitrogen and oxygen atoms in total. The van der Waals surface area contributed by atoms with Crippen LogP contribution in [0.5, 0.6) is 0 Å². The Kier molecular flexibility index (Phi) is 3.53. The standard InChI is InChI=1S/C13H7ClF3N5/c14-11-3-4-12(20-19-11)22-10(13(15,16)17)6-9(21-22)8-2-1-5-18-7-8/h1-7H. The molecular weight excluding hydrogens is 319 g/mol. The quantitative estimate of drug-likeness (QED) is 0.724. The Bertz CT molecular complexity index is 784. The third kappa shape index (κ3) is 2.77. The SMILES string of the molecule is FC(F)(F)c1cc(-c2cccnc2)nn1-c1ccc(Cl)nn1. The Balaban J connectivity index is 2.16. The molecule has 3 aromatic rings. The van der Waals surface area contributed by atoms with Gasteiger partial charge in [-0.25, -0.2) is 4.68 Å². The number of hydrogen-bond acceptors (Lipinski definition) is 4. The lowest BCUT2D eigenvalue weighted by atomic mass is 10.2. The third-order valence-electron chi connectivity index (χ3n) is 2.79. The fourth-order valence-electron chi connectivity index (χ4n) is 1.83. The van der Waals surface area contributed by atoms with Crippen molar-refractivity contribution in [3.8, 4) is 17.1 Å². The monoisotopic (exact) mass is 325 g/mol. The summed E-state index contributed by atoms with van der Waals surface area (Å²) < 4.78 is 40.3. The molecule has 112 valence electrons. The predicted octanol–water partition coefficient (Wildman–Crippen LogP) is 3.40. The lowest BCUT2D eigenvalue weighted by Gasteiger charge is -2.08. The van der Waals surface area contributed by atoms with E-state index in [1.807, 2.05) is 0 Å². The molecule has 0 spiro atoms. The molecule has 0 saturated carbocycles. The maximum absolute atomic E-state index is 13.2. The summed E-state index contributed by atoms with van der Waals surface area (Å²) in [5.74, 6) is -0.0770. The number of alkyl halides is 3. The molecule has 0 saturated heterocycles. The molecule has 0 fully saturated rings. The van der Waals surface area contributed by atoms with Gasteiger partial charge in [-0.05, 0) is 30.3 Å². The largest absolute Gasteiger partial charge is 0.433 e. The Morgan fingerprint density at radius 3 is 2.50 bits per heavy atom. The highest BCUT2D eigenvalue weighted by atomic mass is 35.5. The van der Waals surface area contributed by atoms with Crippen LogP contribution < -0.4 is 0 Å². The van der Waals surface area contributed by atoms with Crippen molar-refractivity contribution in [2.75, 3.05) is 0 Å². The first-order valence-corrected chi connectivity index (χ1v) is 6.40. The summed E-state index contributed by atoms with van der Waals surface area (Å²) in [5, 5.41) is 11.2. The summed E-state index contributed by atoms with van der Waals surface area (Å²) in [5.41, 5.74) is -0.353. The van der Waals surface area contributed by atoms with Gasteiger partial charge in [0.15, 0.2) is 16.7 Å². The second-order valence-electron chi connectivity index (χ2n) is 4.28. The van der Waals surface area contributed by atoms with Gasteiger partial charge in [-0.2, -0.15) is 18.3 Å². The summed E-state index contributed by atoms with van der Waals surface area (Å²) in [6.45, 7) is 0. The van der Waals surface area contributed by atoms with Crippen LogP contribution in [0.15, 0.2) is 42.7 Å². The smallest absolute Gasteiger partial charge is 0.264 e. The van der Waals surface area contributed by atoms with Crippen molar-refractivity contribution in [2.45, 2.75) is 6.18 Å². The normalized spacial score (nSPS) is 11.6. The molecule has 0 amide bonds. The Labute approximate surface area is 127 Å². The number of aromatic nitrogens is 5. The minimum Gasteiger partial charge on any atom is -0.264 e. The fraction of sp³-hybridized carbons (Fsp3) is 0.0769. The number of hydrogen-bond donors (Lipinski definition) is 0. The minimum absolute atomic E-state index is 0.0770. The van der Waals surface area contributed by atoms with Crippen LogP contribution in [-0.4, -0.2) is 25.0 Å². The van der Waals surface area contributed by atoms with Crippen molar-refractivity contribution in [1.82, 2.24) is 25.0 Å². The lowest BCUT2D eigenvalue weighted by Crippen LogP contribution is -2.14. The summed E-state index contributed by atoms with van der Waals surface area (Å²) >= 11 is 5.60. The summed E-state index contributed by atoms with van der Waals surface area (Å²) in [6.07, 6.45) is -1.63. The van der Waals surface area contributed by atoms with Gasteiger partial charge in [0.2, 0.25) is 0 Å². The van der Waals surface area contributed by atoms with Crippen LogP contribution in [-0.2, 0) is 6.18 Å². The van der Waals surface area contributed by atoms with Crippen LogP contribution >= 0.6 is 11.6 Å². The van der Waals surface area contributed by atoms with Crippen LogP contribution in [0.25, 0.3) is 17.1 Å². The first-order valence-electron chi connectivity index (χ1n) is 6.02. The molecule has 0 atom stereocenters. The third-order valence-corrected chi connectivity index (χ3v) is 2.99. The Morgan fingerprint density at radius 1 is 1.09 bits per heavy atom. The van der Waals surface area contributed by atoms with Crippen molar-refractivity contribution in [3.05, 3.63) is 53.6 Å². The Hall–Kier alpha value is -2.48. The molecule has 3 heterocycles. The molecule has 0 aliphatic rings. The lowest BCUT2D eigenvalue weighted by molar-refractivity contribution is -0.142. The molecule has 0 unspecified atom stereocenters. The number of nitrogens with zero attached hydrogens (tertiary/aromatic N) is 5. The minimum atomic E-state index is -4.59. The number of rotatable bonds is 2. The molecule has 0 aliphatic carbocycles.